The van der Waals surface area contributed by atoms with E-state index in [9.17, 15) is 4.79 Å². The molecule has 0 saturated heterocycles. The first kappa shape index (κ1) is 13.5. The third kappa shape index (κ3) is 4.07. The van der Waals surface area contributed by atoms with Crippen LogP contribution in [0.3, 0.4) is 0 Å². The maximum atomic E-state index is 12.2. The minimum absolute atomic E-state index is 0.0806. The molecule has 1 amide bonds. The Morgan fingerprint density at radius 3 is 2.53 bits per heavy atom. The highest BCUT2D eigenvalue weighted by atomic mass is 32.1. The molecule has 0 fully saturated rings. The molecular weight excluding hydrogens is 236 g/mol. The van der Waals surface area contributed by atoms with E-state index < -0.39 is 0 Å². The summed E-state index contributed by atoms with van der Waals surface area (Å²) in [4.78, 5) is 21.9. The Hall–Kier alpha value is -1.56. The molecule has 0 spiro atoms. The topological polar surface area (TPSA) is 72.1 Å². The Balaban J connectivity index is 2.77. The monoisotopic (exact) mass is 252 g/mol. The van der Waals surface area contributed by atoms with Crippen molar-refractivity contribution in [1.82, 2.24) is 14.9 Å². The van der Waals surface area contributed by atoms with Crippen molar-refractivity contribution in [3.63, 3.8) is 0 Å². The van der Waals surface area contributed by atoms with Gasteiger partial charge in [-0.05, 0) is 13.8 Å². The van der Waals surface area contributed by atoms with Crippen molar-refractivity contribution >= 4 is 23.1 Å². The first-order chi connectivity index (χ1) is 8.02. The van der Waals surface area contributed by atoms with Gasteiger partial charge in [-0.1, -0.05) is 12.2 Å². The molecule has 5 nitrogen and oxygen atoms in total. The average molecular weight is 252 g/mol. The molecule has 17 heavy (non-hydrogen) atoms. The fourth-order valence-corrected chi connectivity index (χ4v) is 1.49. The summed E-state index contributed by atoms with van der Waals surface area (Å²) in [7, 11) is 0. The van der Waals surface area contributed by atoms with Gasteiger partial charge in [-0.2, -0.15) is 0 Å². The van der Waals surface area contributed by atoms with Gasteiger partial charge in [0.05, 0.1) is 10.6 Å². The Labute approximate surface area is 106 Å². The second-order valence-electron chi connectivity index (χ2n) is 3.94. The van der Waals surface area contributed by atoms with E-state index in [2.05, 4.69) is 9.97 Å². The van der Waals surface area contributed by atoms with Crippen molar-refractivity contribution in [2.75, 3.05) is 6.54 Å². The predicted octanol–water partition coefficient (Wildman–Crippen LogP) is 1.00. The Morgan fingerprint density at radius 2 is 2.06 bits per heavy atom. The van der Waals surface area contributed by atoms with Gasteiger partial charge in [-0.3, -0.25) is 4.79 Å². The molecular formula is C11H16N4OS. The van der Waals surface area contributed by atoms with E-state index in [1.165, 1.54) is 18.7 Å². The highest BCUT2D eigenvalue weighted by molar-refractivity contribution is 7.80. The SMILES string of the molecule is CC(C)N(CCC(N)=S)C(=O)c1cncnc1. The van der Waals surface area contributed by atoms with Crippen LogP contribution in [0, 0.1) is 0 Å². The molecule has 6 heteroatoms. The van der Waals surface area contributed by atoms with Crippen LogP contribution in [0.25, 0.3) is 0 Å². The maximum Gasteiger partial charge on any atom is 0.257 e. The van der Waals surface area contributed by atoms with Gasteiger partial charge in [0.1, 0.15) is 6.33 Å². The molecule has 0 aromatic carbocycles. The van der Waals surface area contributed by atoms with E-state index >= 15 is 0 Å². The van der Waals surface area contributed by atoms with Gasteiger partial charge in [0.25, 0.3) is 5.91 Å². The number of carbonyl (C=O) groups excluding carboxylic acids is 1. The van der Waals surface area contributed by atoms with Crippen LogP contribution in [0.5, 0.6) is 0 Å². The number of carbonyl (C=O) groups is 1. The number of nitrogens with zero attached hydrogens (tertiary/aromatic N) is 3. The molecule has 1 aromatic heterocycles. The molecule has 92 valence electrons. The Kier molecular flexibility index (Phi) is 4.96. The minimum Gasteiger partial charge on any atom is -0.393 e. The van der Waals surface area contributed by atoms with Crippen molar-refractivity contribution in [2.45, 2.75) is 26.3 Å². The molecule has 0 bridgehead atoms. The van der Waals surface area contributed by atoms with Gasteiger partial charge in [0.15, 0.2) is 0 Å². The van der Waals surface area contributed by atoms with Gasteiger partial charge in [-0.25, -0.2) is 9.97 Å². The lowest BCUT2D eigenvalue weighted by molar-refractivity contribution is 0.0710. The molecule has 0 radical (unpaired) electrons. The first-order valence-electron chi connectivity index (χ1n) is 5.36. The lowest BCUT2D eigenvalue weighted by Crippen LogP contribution is -2.39. The van der Waals surface area contributed by atoms with Gasteiger partial charge < -0.3 is 10.6 Å². The number of amides is 1. The highest BCUT2D eigenvalue weighted by Gasteiger charge is 2.18. The van der Waals surface area contributed by atoms with Crippen LogP contribution in [-0.4, -0.2) is 38.4 Å². The summed E-state index contributed by atoms with van der Waals surface area (Å²) in [6.07, 6.45) is 4.93. The summed E-state index contributed by atoms with van der Waals surface area (Å²) >= 11 is 4.82. The van der Waals surface area contributed by atoms with Crippen LogP contribution < -0.4 is 5.73 Å². The number of hydrogen-bond donors (Lipinski definition) is 1. The normalized spacial score (nSPS) is 10.3. The second-order valence-corrected chi connectivity index (χ2v) is 4.46. The van der Waals surface area contributed by atoms with Crippen molar-refractivity contribution in [1.29, 1.82) is 0 Å². The zero-order valence-corrected chi connectivity index (χ0v) is 10.8. The van der Waals surface area contributed by atoms with Crippen LogP contribution in [0.1, 0.15) is 30.6 Å². The van der Waals surface area contributed by atoms with Crippen LogP contribution in [0.2, 0.25) is 0 Å². The third-order valence-corrected chi connectivity index (χ3v) is 2.49. The minimum atomic E-state index is -0.100. The van der Waals surface area contributed by atoms with E-state index in [-0.39, 0.29) is 11.9 Å². The summed E-state index contributed by atoms with van der Waals surface area (Å²) in [5.74, 6) is -0.100. The number of thiocarbonyl (C=S) groups is 1. The highest BCUT2D eigenvalue weighted by Crippen LogP contribution is 2.07. The van der Waals surface area contributed by atoms with Crippen molar-refractivity contribution in [3.05, 3.63) is 24.3 Å². The summed E-state index contributed by atoms with van der Waals surface area (Å²) in [5, 5.41) is 0. The molecule has 0 aliphatic heterocycles. The van der Waals surface area contributed by atoms with Crippen molar-refractivity contribution in [2.24, 2.45) is 5.73 Å². The molecule has 0 atom stereocenters. The molecule has 0 unspecified atom stereocenters. The van der Waals surface area contributed by atoms with Crippen LogP contribution in [0.15, 0.2) is 18.7 Å². The fraction of sp³-hybridized carbons (Fsp3) is 0.455. The molecule has 0 aliphatic rings. The van der Waals surface area contributed by atoms with E-state index in [4.69, 9.17) is 18.0 Å². The van der Waals surface area contributed by atoms with E-state index in [1.807, 2.05) is 13.8 Å². The second kappa shape index (κ2) is 6.24. The Bertz CT molecular complexity index is 394. The molecule has 1 aromatic rings. The third-order valence-electron chi connectivity index (χ3n) is 2.29. The average Bonchev–Trinajstić information content (AvgIpc) is 2.29. The van der Waals surface area contributed by atoms with Gasteiger partial charge in [0.2, 0.25) is 0 Å². The molecule has 0 saturated carbocycles. The largest absolute Gasteiger partial charge is 0.393 e. The van der Waals surface area contributed by atoms with Gasteiger partial charge in [-0.15, -0.1) is 0 Å². The number of aromatic nitrogens is 2. The number of hydrogen-bond acceptors (Lipinski definition) is 4. The van der Waals surface area contributed by atoms with Crippen molar-refractivity contribution in [3.8, 4) is 0 Å². The summed E-state index contributed by atoms with van der Waals surface area (Å²) < 4.78 is 0. The van der Waals surface area contributed by atoms with Crippen LogP contribution in [-0.2, 0) is 0 Å². The molecule has 1 heterocycles. The first-order valence-corrected chi connectivity index (χ1v) is 5.77. The zero-order chi connectivity index (χ0) is 12.8. The number of rotatable bonds is 5. The lowest BCUT2D eigenvalue weighted by Gasteiger charge is -2.26. The summed E-state index contributed by atoms with van der Waals surface area (Å²) in [6.45, 7) is 4.41. The standard InChI is InChI=1S/C11H16N4OS/c1-8(2)15(4-3-10(12)17)11(16)9-5-13-7-14-6-9/h5-8H,3-4H2,1-2H3,(H2,12,17). The molecule has 1 rings (SSSR count). The van der Waals surface area contributed by atoms with E-state index in [1.54, 1.807) is 4.90 Å². The van der Waals surface area contributed by atoms with E-state index in [0.717, 1.165) is 0 Å². The zero-order valence-electron chi connectivity index (χ0n) is 9.96. The molecule has 0 aliphatic carbocycles. The van der Waals surface area contributed by atoms with Crippen LogP contribution >= 0.6 is 12.2 Å². The molecule has 2 N–H and O–H groups in total. The smallest absolute Gasteiger partial charge is 0.257 e. The van der Waals surface area contributed by atoms with Crippen LogP contribution in [0.4, 0.5) is 0 Å². The fourth-order valence-electron chi connectivity index (χ4n) is 1.40. The quantitative estimate of drug-likeness (QED) is 0.792. The summed E-state index contributed by atoms with van der Waals surface area (Å²) in [6, 6.07) is 0.0806. The van der Waals surface area contributed by atoms with Gasteiger partial charge >= 0.3 is 0 Å². The summed E-state index contributed by atoms with van der Waals surface area (Å²) in [5.41, 5.74) is 5.92. The lowest BCUT2D eigenvalue weighted by atomic mass is 10.2. The van der Waals surface area contributed by atoms with E-state index in [0.29, 0.717) is 23.5 Å². The Morgan fingerprint density at radius 1 is 1.47 bits per heavy atom. The maximum absolute atomic E-state index is 12.2. The predicted molar refractivity (Wildman–Crippen MR) is 69.6 cm³/mol. The van der Waals surface area contributed by atoms with Gasteiger partial charge in [0, 0.05) is 31.4 Å². The van der Waals surface area contributed by atoms with Crippen molar-refractivity contribution < 1.29 is 4.79 Å². The number of nitrogens with two attached hydrogens (primary N) is 1.